The van der Waals surface area contributed by atoms with Crippen molar-refractivity contribution in [3.05, 3.63) is 11.6 Å². The highest BCUT2D eigenvalue weighted by Crippen LogP contribution is 2.38. The third-order valence-electron chi connectivity index (χ3n) is 3.53. The number of esters is 1. The van der Waals surface area contributed by atoms with Gasteiger partial charge in [0.15, 0.2) is 0 Å². The van der Waals surface area contributed by atoms with Crippen LogP contribution in [-0.4, -0.2) is 42.6 Å². The van der Waals surface area contributed by atoms with E-state index in [1.165, 1.54) is 4.31 Å². The number of rotatable bonds is 3. The highest BCUT2D eigenvalue weighted by Gasteiger charge is 2.48. The van der Waals surface area contributed by atoms with E-state index in [2.05, 4.69) is 0 Å². The van der Waals surface area contributed by atoms with Crippen molar-refractivity contribution in [2.75, 3.05) is 13.2 Å². The van der Waals surface area contributed by atoms with Crippen LogP contribution in [0.4, 0.5) is 0 Å². The third kappa shape index (κ3) is 3.48. The second-order valence-electron chi connectivity index (χ2n) is 7.25. The van der Waals surface area contributed by atoms with E-state index in [0.717, 1.165) is 5.57 Å². The van der Waals surface area contributed by atoms with E-state index in [-0.39, 0.29) is 18.6 Å². The van der Waals surface area contributed by atoms with Crippen LogP contribution in [0, 0.1) is 5.41 Å². The van der Waals surface area contributed by atoms with E-state index in [0.29, 0.717) is 0 Å². The lowest BCUT2D eigenvalue weighted by Gasteiger charge is -2.34. The number of nitrogens with zero attached hydrogens (tertiary/aromatic N) is 1. The molecule has 0 aromatic carbocycles. The summed E-state index contributed by atoms with van der Waals surface area (Å²) >= 11 is 0. The quantitative estimate of drug-likeness (QED) is 0.592. The zero-order chi connectivity index (χ0) is 16.6. The molecule has 0 spiro atoms. The molecule has 0 unspecified atom stereocenters. The van der Waals surface area contributed by atoms with Gasteiger partial charge in [0, 0.05) is 6.54 Å². The van der Waals surface area contributed by atoms with Crippen molar-refractivity contribution < 1.29 is 17.9 Å². The van der Waals surface area contributed by atoms with Gasteiger partial charge in [0.05, 0.1) is 11.4 Å². The van der Waals surface area contributed by atoms with Gasteiger partial charge in [0.1, 0.15) is 6.04 Å². The Labute approximate surface area is 128 Å². The van der Waals surface area contributed by atoms with E-state index in [9.17, 15) is 13.2 Å². The standard InChI is InChI=1S/C15H27NO4S/c1-8-20-13(17)12-11(14(2,3)4)9-10-16(12)21(18,19)15(5,6)7/h9,12H,8,10H2,1-7H3/t12-/m0/s1. The summed E-state index contributed by atoms with van der Waals surface area (Å²) in [5.41, 5.74) is 0.508. The van der Waals surface area contributed by atoms with Gasteiger partial charge in [-0.2, -0.15) is 4.31 Å². The van der Waals surface area contributed by atoms with Crippen LogP contribution in [0.5, 0.6) is 0 Å². The van der Waals surface area contributed by atoms with E-state index >= 15 is 0 Å². The van der Waals surface area contributed by atoms with Gasteiger partial charge in [-0.1, -0.05) is 26.8 Å². The summed E-state index contributed by atoms with van der Waals surface area (Å²) in [4.78, 5) is 12.3. The van der Waals surface area contributed by atoms with Crippen LogP contribution >= 0.6 is 0 Å². The Morgan fingerprint density at radius 2 is 1.81 bits per heavy atom. The summed E-state index contributed by atoms with van der Waals surface area (Å²) in [5.74, 6) is -0.496. The molecule has 1 atom stereocenters. The Morgan fingerprint density at radius 3 is 2.19 bits per heavy atom. The number of hydrogen-bond donors (Lipinski definition) is 0. The number of carbonyl (C=O) groups is 1. The van der Waals surface area contributed by atoms with Crippen molar-refractivity contribution in [1.82, 2.24) is 4.31 Å². The molecule has 1 aliphatic rings. The average molecular weight is 317 g/mol. The predicted octanol–water partition coefficient (Wildman–Crippen LogP) is 2.33. The monoisotopic (exact) mass is 317 g/mol. The molecule has 21 heavy (non-hydrogen) atoms. The first kappa shape index (κ1) is 18.2. The molecule has 0 amide bonds. The fourth-order valence-electron chi connectivity index (χ4n) is 2.33. The van der Waals surface area contributed by atoms with Gasteiger partial charge in [-0.3, -0.25) is 0 Å². The van der Waals surface area contributed by atoms with E-state index in [1.54, 1.807) is 27.7 Å². The minimum Gasteiger partial charge on any atom is -0.465 e. The molecule has 5 nitrogen and oxygen atoms in total. The summed E-state index contributed by atoms with van der Waals surface area (Å²) in [7, 11) is -3.60. The van der Waals surface area contributed by atoms with Crippen LogP contribution in [0.25, 0.3) is 0 Å². The predicted molar refractivity (Wildman–Crippen MR) is 83.3 cm³/mol. The topological polar surface area (TPSA) is 63.7 Å². The van der Waals surface area contributed by atoms with Gasteiger partial charge in [-0.25, -0.2) is 13.2 Å². The van der Waals surface area contributed by atoms with Crippen LogP contribution in [0.1, 0.15) is 48.5 Å². The van der Waals surface area contributed by atoms with E-state index < -0.39 is 26.8 Å². The first-order chi connectivity index (χ1) is 9.34. The van der Waals surface area contributed by atoms with Crippen LogP contribution in [0.3, 0.4) is 0 Å². The molecule has 1 heterocycles. The summed E-state index contributed by atoms with van der Waals surface area (Å²) < 4.78 is 30.9. The molecular formula is C15H27NO4S. The molecule has 0 aliphatic carbocycles. The van der Waals surface area contributed by atoms with Gasteiger partial charge < -0.3 is 4.74 Å². The van der Waals surface area contributed by atoms with Crippen molar-refractivity contribution in [3.8, 4) is 0 Å². The number of ether oxygens (including phenoxy) is 1. The lowest BCUT2D eigenvalue weighted by Crippen LogP contribution is -2.50. The zero-order valence-corrected chi connectivity index (χ0v) is 14.9. The maximum absolute atomic E-state index is 12.7. The Kier molecular flexibility index (Phi) is 4.95. The smallest absolute Gasteiger partial charge is 0.328 e. The van der Waals surface area contributed by atoms with E-state index in [4.69, 9.17) is 4.74 Å². The van der Waals surface area contributed by atoms with Gasteiger partial charge in [-0.15, -0.1) is 0 Å². The molecule has 1 rings (SSSR count). The van der Waals surface area contributed by atoms with Gasteiger partial charge in [0.2, 0.25) is 10.0 Å². The highest BCUT2D eigenvalue weighted by atomic mass is 32.2. The fraction of sp³-hybridized carbons (Fsp3) is 0.800. The maximum atomic E-state index is 12.7. The van der Waals surface area contributed by atoms with Crippen molar-refractivity contribution in [1.29, 1.82) is 0 Å². The zero-order valence-electron chi connectivity index (χ0n) is 14.1. The van der Waals surface area contributed by atoms with Crippen molar-refractivity contribution >= 4 is 16.0 Å². The molecule has 0 radical (unpaired) electrons. The Morgan fingerprint density at radius 1 is 1.29 bits per heavy atom. The van der Waals surface area contributed by atoms with Crippen LogP contribution < -0.4 is 0 Å². The molecule has 0 aromatic heterocycles. The Balaban J connectivity index is 3.29. The molecule has 0 saturated carbocycles. The van der Waals surface area contributed by atoms with Crippen LogP contribution in [0.15, 0.2) is 11.6 Å². The summed E-state index contributed by atoms with van der Waals surface area (Å²) in [6.07, 6.45) is 1.84. The molecule has 6 heteroatoms. The first-order valence-electron chi connectivity index (χ1n) is 7.22. The maximum Gasteiger partial charge on any atom is 0.328 e. The number of carbonyl (C=O) groups excluding carboxylic acids is 1. The molecule has 122 valence electrons. The summed E-state index contributed by atoms with van der Waals surface area (Å²) in [6.45, 7) is 13.0. The number of sulfonamides is 1. The second kappa shape index (κ2) is 5.72. The molecule has 0 bridgehead atoms. The SMILES string of the molecule is CCOC(=O)[C@@H]1C(C(C)(C)C)=CCN1S(=O)(=O)C(C)(C)C. The third-order valence-corrected chi connectivity index (χ3v) is 6.06. The van der Waals surface area contributed by atoms with Crippen molar-refractivity contribution in [3.63, 3.8) is 0 Å². The van der Waals surface area contributed by atoms with Gasteiger partial charge in [-0.05, 0) is 38.7 Å². The molecule has 1 aliphatic heterocycles. The van der Waals surface area contributed by atoms with Gasteiger partial charge >= 0.3 is 5.97 Å². The summed E-state index contributed by atoms with van der Waals surface area (Å²) in [5, 5.41) is 0. The average Bonchev–Trinajstić information content (AvgIpc) is 2.71. The second-order valence-corrected chi connectivity index (χ2v) is 9.90. The normalized spacial score (nSPS) is 21.3. The minimum atomic E-state index is -3.60. The lowest BCUT2D eigenvalue weighted by atomic mass is 9.83. The lowest BCUT2D eigenvalue weighted by molar-refractivity contribution is -0.146. The largest absolute Gasteiger partial charge is 0.465 e. The fourth-order valence-corrected chi connectivity index (χ4v) is 3.78. The van der Waals surface area contributed by atoms with Crippen molar-refractivity contribution in [2.45, 2.75) is 59.3 Å². The van der Waals surface area contributed by atoms with Crippen LogP contribution in [0.2, 0.25) is 0 Å². The molecule has 0 N–H and O–H groups in total. The summed E-state index contributed by atoms with van der Waals surface area (Å²) in [6, 6.07) is -0.853. The van der Waals surface area contributed by atoms with Crippen LogP contribution in [-0.2, 0) is 19.6 Å². The first-order valence-corrected chi connectivity index (χ1v) is 8.66. The Bertz CT molecular complexity index is 535. The minimum absolute atomic E-state index is 0.218. The molecule has 0 fully saturated rings. The Hall–Kier alpha value is -0.880. The van der Waals surface area contributed by atoms with Crippen molar-refractivity contribution in [2.24, 2.45) is 5.41 Å². The molecule has 0 saturated heterocycles. The van der Waals surface area contributed by atoms with E-state index in [1.807, 2.05) is 26.8 Å². The number of hydrogen-bond acceptors (Lipinski definition) is 4. The van der Waals surface area contributed by atoms with Gasteiger partial charge in [0.25, 0.3) is 0 Å². The highest BCUT2D eigenvalue weighted by molar-refractivity contribution is 7.90. The molecular weight excluding hydrogens is 290 g/mol. The molecule has 0 aromatic rings.